The van der Waals surface area contributed by atoms with Gasteiger partial charge in [-0.05, 0) is 29.4 Å². The van der Waals surface area contributed by atoms with E-state index < -0.39 is 0 Å². The van der Waals surface area contributed by atoms with E-state index >= 15 is 0 Å². The van der Waals surface area contributed by atoms with Gasteiger partial charge in [-0.15, -0.1) is 0 Å². The van der Waals surface area contributed by atoms with Crippen LogP contribution in [0.4, 0.5) is 0 Å². The topological polar surface area (TPSA) is 55.1 Å². The third-order valence-corrected chi connectivity index (χ3v) is 3.34. The van der Waals surface area contributed by atoms with Gasteiger partial charge in [-0.2, -0.15) is 0 Å². The molecular weight excluding hydrogens is 248 g/mol. The summed E-state index contributed by atoms with van der Waals surface area (Å²) in [5.74, 6) is 1.04. The summed E-state index contributed by atoms with van der Waals surface area (Å²) in [6.07, 6.45) is 1.47. The molecule has 0 aliphatic rings. The van der Waals surface area contributed by atoms with Crippen molar-refractivity contribution in [3.05, 3.63) is 35.4 Å². The Balaban J connectivity index is 2.79. The number of hydrogen-bond donors (Lipinski definition) is 2. The second kappa shape index (κ2) is 8.05. The molecule has 112 valence electrons. The molecule has 3 heteroatoms. The lowest BCUT2D eigenvalue weighted by Crippen LogP contribution is -2.32. The normalized spacial score (nSPS) is 12.8. The highest BCUT2D eigenvalue weighted by Gasteiger charge is 2.17. The first-order valence-electron chi connectivity index (χ1n) is 7.52. The number of nitrogens with one attached hydrogen (secondary N) is 1. The molecule has 0 aliphatic heterocycles. The van der Waals surface area contributed by atoms with Gasteiger partial charge in [-0.25, -0.2) is 0 Å². The maximum Gasteiger partial charge on any atom is 0.221 e. The third kappa shape index (κ3) is 5.33. The van der Waals surface area contributed by atoms with Gasteiger partial charge in [-0.3, -0.25) is 4.79 Å². The second-order valence-electron chi connectivity index (χ2n) is 6.17. The van der Waals surface area contributed by atoms with Gasteiger partial charge in [0.1, 0.15) is 0 Å². The van der Waals surface area contributed by atoms with E-state index in [1.54, 1.807) is 0 Å². The zero-order chi connectivity index (χ0) is 15.1. The van der Waals surface area contributed by atoms with Gasteiger partial charge in [0.15, 0.2) is 0 Å². The average Bonchev–Trinajstić information content (AvgIpc) is 2.36. The highest BCUT2D eigenvalue weighted by atomic mass is 16.1. The fourth-order valence-electron chi connectivity index (χ4n) is 2.34. The highest BCUT2D eigenvalue weighted by molar-refractivity contribution is 5.76. The van der Waals surface area contributed by atoms with Crippen LogP contribution in [0.15, 0.2) is 24.3 Å². The SMILES string of the molecule is CC(C)Cc1ccc(C(NC(=O)CCN)C(C)C)cc1. The van der Waals surface area contributed by atoms with Gasteiger partial charge in [0.25, 0.3) is 0 Å². The quantitative estimate of drug-likeness (QED) is 0.804. The van der Waals surface area contributed by atoms with E-state index in [4.69, 9.17) is 5.73 Å². The largest absolute Gasteiger partial charge is 0.349 e. The van der Waals surface area contributed by atoms with E-state index in [1.165, 1.54) is 5.56 Å². The molecule has 1 unspecified atom stereocenters. The standard InChI is InChI=1S/C17H28N2O/c1-12(2)11-14-5-7-15(8-6-14)17(13(3)4)19-16(20)9-10-18/h5-8,12-13,17H,9-11,18H2,1-4H3,(H,19,20). The minimum Gasteiger partial charge on any atom is -0.349 e. The third-order valence-electron chi connectivity index (χ3n) is 3.34. The van der Waals surface area contributed by atoms with Crippen LogP contribution in [0.1, 0.15) is 51.3 Å². The molecule has 0 radical (unpaired) electrons. The number of amides is 1. The number of benzene rings is 1. The van der Waals surface area contributed by atoms with Crippen molar-refractivity contribution in [3.8, 4) is 0 Å². The minimum absolute atomic E-state index is 0.0254. The number of carbonyl (C=O) groups is 1. The average molecular weight is 276 g/mol. The maximum absolute atomic E-state index is 11.8. The summed E-state index contributed by atoms with van der Waals surface area (Å²) in [6.45, 7) is 9.07. The Hall–Kier alpha value is -1.35. The first-order chi connectivity index (χ1) is 9.43. The predicted octanol–water partition coefficient (Wildman–Crippen LogP) is 3.05. The van der Waals surface area contributed by atoms with Crippen LogP contribution in [0, 0.1) is 11.8 Å². The lowest BCUT2D eigenvalue weighted by molar-refractivity contribution is -0.122. The van der Waals surface area contributed by atoms with Crippen molar-refractivity contribution in [2.45, 2.75) is 46.6 Å². The molecule has 0 fully saturated rings. The Morgan fingerprint density at radius 3 is 2.20 bits per heavy atom. The Bertz CT molecular complexity index is 410. The minimum atomic E-state index is 0.0254. The molecule has 1 aromatic carbocycles. The number of rotatable bonds is 7. The molecule has 20 heavy (non-hydrogen) atoms. The lowest BCUT2D eigenvalue weighted by atomic mass is 9.93. The molecule has 1 aromatic rings. The molecule has 0 bridgehead atoms. The van der Waals surface area contributed by atoms with Crippen LogP contribution in [-0.2, 0) is 11.2 Å². The van der Waals surface area contributed by atoms with Crippen LogP contribution < -0.4 is 11.1 Å². The molecule has 0 spiro atoms. The maximum atomic E-state index is 11.8. The van der Waals surface area contributed by atoms with E-state index in [1.807, 2.05) is 0 Å². The molecule has 3 nitrogen and oxygen atoms in total. The zero-order valence-electron chi connectivity index (χ0n) is 13.1. The number of carbonyl (C=O) groups excluding carboxylic acids is 1. The van der Waals surface area contributed by atoms with Gasteiger partial charge in [-0.1, -0.05) is 52.0 Å². The summed E-state index contributed by atoms with van der Waals surface area (Å²) in [5.41, 5.74) is 7.94. The summed E-state index contributed by atoms with van der Waals surface area (Å²) in [6, 6.07) is 8.65. The Morgan fingerprint density at radius 2 is 1.75 bits per heavy atom. The van der Waals surface area contributed by atoms with E-state index in [9.17, 15) is 4.79 Å². The van der Waals surface area contributed by atoms with Crippen molar-refractivity contribution in [1.82, 2.24) is 5.32 Å². The summed E-state index contributed by atoms with van der Waals surface area (Å²) >= 11 is 0. The van der Waals surface area contributed by atoms with Crippen LogP contribution in [0.3, 0.4) is 0 Å². The Morgan fingerprint density at radius 1 is 1.15 bits per heavy atom. The summed E-state index contributed by atoms with van der Waals surface area (Å²) < 4.78 is 0. The van der Waals surface area contributed by atoms with Gasteiger partial charge in [0.05, 0.1) is 6.04 Å². The van der Waals surface area contributed by atoms with Crippen LogP contribution in [-0.4, -0.2) is 12.5 Å². The first-order valence-corrected chi connectivity index (χ1v) is 7.52. The smallest absolute Gasteiger partial charge is 0.221 e. The molecule has 1 rings (SSSR count). The van der Waals surface area contributed by atoms with Gasteiger partial charge in [0, 0.05) is 13.0 Å². The number of hydrogen-bond acceptors (Lipinski definition) is 2. The van der Waals surface area contributed by atoms with Crippen molar-refractivity contribution in [3.63, 3.8) is 0 Å². The van der Waals surface area contributed by atoms with Crippen molar-refractivity contribution >= 4 is 5.91 Å². The van der Waals surface area contributed by atoms with Crippen molar-refractivity contribution in [2.24, 2.45) is 17.6 Å². The fraction of sp³-hybridized carbons (Fsp3) is 0.588. The molecule has 1 amide bonds. The summed E-state index contributed by atoms with van der Waals surface area (Å²) in [4.78, 5) is 11.8. The fourth-order valence-corrected chi connectivity index (χ4v) is 2.34. The predicted molar refractivity (Wildman–Crippen MR) is 84.4 cm³/mol. The van der Waals surface area contributed by atoms with Crippen molar-refractivity contribution < 1.29 is 4.79 Å². The van der Waals surface area contributed by atoms with E-state index in [-0.39, 0.29) is 11.9 Å². The molecule has 0 saturated heterocycles. The van der Waals surface area contributed by atoms with Gasteiger partial charge in [0.2, 0.25) is 5.91 Å². The summed E-state index contributed by atoms with van der Waals surface area (Å²) in [7, 11) is 0. The molecule has 0 aromatic heterocycles. The van der Waals surface area contributed by atoms with Crippen LogP contribution in [0.2, 0.25) is 0 Å². The molecular formula is C17H28N2O. The van der Waals surface area contributed by atoms with Crippen molar-refractivity contribution in [2.75, 3.05) is 6.54 Å². The van der Waals surface area contributed by atoms with Gasteiger partial charge < -0.3 is 11.1 Å². The molecule has 0 heterocycles. The van der Waals surface area contributed by atoms with Crippen molar-refractivity contribution in [1.29, 1.82) is 0 Å². The van der Waals surface area contributed by atoms with E-state index in [0.717, 1.165) is 12.0 Å². The van der Waals surface area contributed by atoms with Crippen LogP contribution in [0.25, 0.3) is 0 Å². The second-order valence-corrected chi connectivity index (χ2v) is 6.17. The Labute approximate surface area is 122 Å². The molecule has 3 N–H and O–H groups in total. The first kappa shape index (κ1) is 16.7. The van der Waals surface area contributed by atoms with Gasteiger partial charge >= 0.3 is 0 Å². The van der Waals surface area contributed by atoms with Crippen LogP contribution >= 0.6 is 0 Å². The summed E-state index contributed by atoms with van der Waals surface area (Å²) in [5, 5.41) is 3.07. The highest BCUT2D eigenvalue weighted by Crippen LogP contribution is 2.22. The molecule has 0 saturated carbocycles. The zero-order valence-corrected chi connectivity index (χ0v) is 13.1. The molecule has 0 aliphatic carbocycles. The van der Waals surface area contributed by atoms with E-state index in [0.29, 0.717) is 24.8 Å². The lowest BCUT2D eigenvalue weighted by Gasteiger charge is -2.23. The number of nitrogens with two attached hydrogens (primary N) is 1. The monoisotopic (exact) mass is 276 g/mol. The van der Waals surface area contributed by atoms with E-state index in [2.05, 4.69) is 57.3 Å². The molecule has 1 atom stereocenters. The Kier molecular flexibility index (Phi) is 6.73. The van der Waals surface area contributed by atoms with Crippen LogP contribution in [0.5, 0.6) is 0 Å².